The summed E-state index contributed by atoms with van der Waals surface area (Å²) in [7, 11) is 0. The smallest absolute Gasteiger partial charge is 0.358 e. The molecular weight excluding hydrogens is 262 g/mol. The fourth-order valence-corrected chi connectivity index (χ4v) is 2.62. The molecule has 3 rings (SSSR count). The Morgan fingerprint density at radius 2 is 2.26 bits per heavy atom. The lowest BCUT2D eigenvalue weighted by atomic mass is 10.3. The Bertz CT molecular complexity index is 699. The summed E-state index contributed by atoms with van der Waals surface area (Å²) in [6, 6.07) is 7.89. The maximum absolute atomic E-state index is 11.5. The van der Waals surface area contributed by atoms with Crippen LogP contribution in [0.4, 0.5) is 0 Å². The Balaban J connectivity index is 1.96. The fourth-order valence-electron chi connectivity index (χ4n) is 1.71. The molecule has 0 saturated carbocycles. The van der Waals surface area contributed by atoms with Crippen LogP contribution in [0, 0.1) is 0 Å². The molecule has 6 heteroatoms. The maximum atomic E-state index is 11.5. The van der Waals surface area contributed by atoms with E-state index in [4.69, 9.17) is 4.74 Å². The van der Waals surface area contributed by atoms with Crippen molar-refractivity contribution in [1.29, 1.82) is 0 Å². The van der Waals surface area contributed by atoms with E-state index < -0.39 is 5.97 Å². The summed E-state index contributed by atoms with van der Waals surface area (Å²) in [5.41, 5.74) is 1.23. The predicted octanol–water partition coefficient (Wildman–Crippen LogP) is 2.66. The molecule has 3 aromatic rings. The first kappa shape index (κ1) is 11.9. The SMILES string of the molecule is CCOC(=O)c1cn(-c2nc3ccccc3s2)cn1. The van der Waals surface area contributed by atoms with Gasteiger partial charge in [0.25, 0.3) is 0 Å². The molecule has 0 aliphatic carbocycles. The predicted molar refractivity (Wildman–Crippen MR) is 72.7 cm³/mol. The minimum Gasteiger partial charge on any atom is -0.461 e. The number of aromatic nitrogens is 3. The fraction of sp³-hybridized carbons (Fsp3) is 0.154. The molecule has 0 N–H and O–H groups in total. The van der Waals surface area contributed by atoms with Gasteiger partial charge < -0.3 is 4.74 Å². The van der Waals surface area contributed by atoms with Crippen LogP contribution in [-0.4, -0.2) is 27.1 Å². The van der Waals surface area contributed by atoms with Crippen LogP contribution in [0.1, 0.15) is 17.4 Å². The van der Waals surface area contributed by atoms with Gasteiger partial charge in [-0.05, 0) is 19.1 Å². The van der Waals surface area contributed by atoms with Crippen LogP contribution < -0.4 is 0 Å². The Morgan fingerprint density at radius 1 is 1.42 bits per heavy atom. The van der Waals surface area contributed by atoms with Crippen molar-refractivity contribution in [2.75, 3.05) is 6.61 Å². The van der Waals surface area contributed by atoms with Gasteiger partial charge in [0.1, 0.15) is 6.33 Å². The standard InChI is InChI=1S/C13H11N3O2S/c1-2-18-12(17)10-7-16(8-14-10)13-15-9-5-3-4-6-11(9)19-13/h3-8H,2H2,1H3. The van der Waals surface area contributed by atoms with Gasteiger partial charge in [0.15, 0.2) is 10.8 Å². The molecule has 0 atom stereocenters. The van der Waals surface area contributed by atoms with Crippen LogP contribution in [0.3, 0.4) is 0 Å². The molecule has 19 heavy (non-hydrogen) atoms. The Kier molecular flexibility index (Phi) is 3.00. The number of carbonyl (C=O) groups excluding carboxylic acids is 1. The molecule has 1 aromatic carbocycles. The molecule has 2 heterocycles. The number of fused-ring (bicyclic) bond motifs is 1. The van der Waals surface area contributed by atoms with Crippen molar-refractivity contribution < 1.29 is 9.53 Å². The maximum Gasteiger partial charge on any atom is 0.358 e. The lowest BCUT2D eigenvalue weighted by molar-refractivity contribution is 0.0520. The number of esters is 1. The zero-order chi connectivity index (χ0) is 13.2. The van der Waals surface area contributed by atoms with E-state index in [0.717, 1.165) is 15.3 Å². The minimum atomic E-state index is -0.414. The first-order valence-electron chi connectivity index (χ1n) is 5.85. The molecule has 0 bridgehead atoms. The second-order valence-electron chi connectivity index (χ2n) is 3.85. The summed E-state index contributed by atoms with van der Waals surface area (Å²) in [5, 5.41) is 0.782. The highest BCUT2D eigenvalue weighted by molar-refractivity contribution is 7.20. The third-order valence-corrected chi connectivity index (χ3v) is 3.62. The summed E-state index contributed by atoms with van der Waals surface area (Å²) < 4.78 is 7.74. The van der Waals surface area contributed by atoms with Crippen molar-refractivity contribution in [3.63, 3.8) is 0 Å². The second-order valence-corrected chi connectivity index (χ2v) is 4.86. The minimum absolute atomic E-state index is 0.293. The highest BCUT2D eigenvalue weighted by Crippen LogP contribution is 2.24. The number of ether oxygens (including phenoxy) is 1. The average Bonchev–Trinajstić information content (AvgIpc) is 3.05. The summed E-state index contributed by atoms with van der Waals surface area (Å²) >= 11 is 1.55. The molecule has 0 amide bonds. The number of imidazole rings is 1. The molecule has 0 saturated heterocycles. The Labute approximate surface area is 113 Å². The zero-order valence-corrected chi connectivity index (χ0v) is 11.1. The lowest BCUT2D eigenvalue weighted by Gasteiger charge is -1.96. The van der Waals surface area contributed by atoms with Gasteiger partial charge in [-0.25, -0.2) is 14.8 Å². The van der Waals surface area contributed by atoms with Gasteiger partial charge >= 0.3 is 5.97 Å². The largest absolute Gasteiger partial charge is 0.461 e. The van der Waals surface area contributed by atoms with Crippen molar-refractivity contribution >= 4 is 27.5 Å². The monoisotopic (exact) mass is 273 g/mol. The van der Waals surface area contributed by atoms with E-state index in [0.29, 0.717) is 12.3 Å². The van der Waals surface area contributed by atoms with Crippen molar-refractivity contribution in [2.45, 2.75) is 6.92 Å². The summed E-state index contributed by atoms with van der Waals surface area (Å²) in [6.07, 6.45) is 3.21. The second kappa shape index (κ2) is 4.81. The van der Waals surface area contributed by atoms with Crippen molar-refractivity contribution in [3.8, 4) is 5.13 Å². The Hall–Kier alpha value is -2.21. The molecule has 0 aliphatic heterocycles. The molecule has 0 spiro atoms. The number of benzene rings is 1. The van der Waals surface area contributed by atoms with Gasteiger partial charge in [-0.1, -0.05) is 23.5 Å². The van der Waals surface area contributed by atoms with Gasteiger partial charge in [-0.2, -0.15) is 0 Å². The Morgan fingerprint density at radius 3 is 3.05 bits per heavy atom. The van der Waals surface area contributed by atoms with Gasteiger partial charge in [0.05, 0.1) is 16.8 Å². The van der Waals surface area contributed by atoms with Crippen LogP contribution in [0.25, 0.3) is 15.3 Å². The van der Waals surface area contributed by atoms with Gasteiger partial charge in [0, 0.05) is 6.20 Å². The number of para-hydroxylation sites is 1. The number of hydrogen-bond donors (Lipinski definition) is 0. The number of carbonyl (C=O) groups is 1. The van der Waals surface area contributed by atoms with E-state index in [2.05, 4.69) is 9.97 Å². The normalized spacial score (nSPS) is 10.8. The van der Waals surface area contributed by atoms with E-state index in [-0.39, 0.29) is 0 Å². The number of rotatable bonds is 3. The van der Waals surface area contributed by atoms with E-state index in [1.54, 1.807) is 35.4 Å². The van der Waals surface area contributed by atoms with E-state index >= 15 is 0 Å². The van der Waals surface area contributed by atoms with Gasteiger partial charge in [-0.15, -0.1) is 0 Å². The van der Waals surface area contributed by atoms with Gasteiger partial charge in [-0.3, -0.25) is 4.57 Å². The third kappa shape index (κ3) is 2.22. The molecule has 0 radical (unpaired) electrons. The molecule has 0 aliphatic rings. The topological polar surface area (TPSA) is 57.0 Å². The highest BCUT2D eigenvalue weighted by Gasteiger charge is 2.12. The van der Waals surface area contributed by atoms with Crippen LogP contribution in [0.2, 0.25) is 0 Å². The average molecular weight is 273 g/mol. The molecular formula is C13H11N3O2S. The summed E-state index contributed by atoms with van der Waals surface area (Å²) in [5.74, 6) is -0.414. The third-order valence-electron chi connectivity index (χ3n) is 2.57. The van der Waals surface area contributed by atoms with Gasteiger partial charge in [0.2, 0.25) is 0 Å². The van der Waals surface area contributed by atoms with Crippen LogP contribution >= 0.6 is 11.3 Å². The lowest BCUT2D eigenvalue weighted by Crippen LogP contribution is -2.04. The highest BCUT2D eigenvalue weighted by atomic mass is 32.1. The quantitative estimate of drug-likeness (QED) is 0.688. The van der Waals surface area contributed by atoms with E-state index in [1.807, 2.05) is 24.3 Å². The molecule has 2 aromatic heterocycles. The first-order valence-corrected chi connectivity index (χ1v) is 6.66. The number of thiazole rings is 1. The van der Waals surface area contributed by atoms with Crippen LogP contribution in [-0.2, 0) is 4.74 Å². The van der Waals surface area contributed by atoms with Crippen molar-refractivity contribution in [2.24, 2.45) is 0 Å². The number of hydrogen-bond acceptors (Lipinski definition) is 5. The van der Waals surface area contributed by atoms with Crippen molar-refractivity contribution in [3.05, 3.63) is 42.5 Å². The van der Waals surface area contributed by atoms with Crippen molar-refractivity contribution in [1.82, 2.24) is 14.5 Å². The summed E-state index contributed by atoms with van der Waals surface area (Å²) in [6.45, 7) is 2.11. The molecule has 5 nitrogen and oxygen atoms in total. The van der Waals surface area contributed by atoms with Crippen LogP contribution in [0.5, 0.6) is 0 Å². The van der Waals surface area contributed by atoms with Crippen LogP contribution in [0.15, 0.2) is 36.8 Å². The zero-order valence-electron chi connectivity index (χ0n) is 10.2. The molecule has 0 fully saturated rings. The molecule has 96 valence electrons. The van der Waals surface area contributed by atoms with E-state index in [9.17, 15) is 4.79 Å². The molecule has 0 unspecified atom stereocenters. The number of nitrogens with zero attached hydrogens (tertiary/aromatic N) is 3. The van der Waals surface area contributed by atoms with E-state index in [1.165, 1.54) is 0 Å². The first-order chi connectivity index (χ1) is 9.28. The summed E-state index contributed by atoms with van der Waals surface area (Å²) in [4.78, 5) is 20.1.